The molecule has 188 valence electrons. The summed E-state index contributed by atoms with van der Waals surface area (Å²) in [6, 6.07) is 20.1. The number of nitrogens with one attached hydrogen (secondary N) is 4. The number of nitrogens with zero attached hydrogens (tertiary/aromatic N) is 3. The summed E-state index contributed by atoms with van der Waals surface area (Å²) >= 11 is 0. The second-order valence-corrected chi connectivity index (χ2v) is 9.57. The molecule has 2 aliphatic rings. The van der Waals surface area contributed by atoms with Gasteiger partial charge in [0.05, 0.1) is 17.4 Å². The third kappa shape index (κ3) is 5.37. The second kappa shape index (κ2) is 10.5. The molecular weight excluding hydrogens is 466 g/mol. The molecule has 4 aromatic rings. The molecule has 0 spiro atoms. The third-order valence-electron chi connectivity index (χ3n) is 6.99. The van der Waals surface area contributed by atoms with E-state index in [1.165, 1.54) is 0 Å². The molecule has 1 aliphatic carbocycles. The number of carbonyl (C=O) groups excluding carboxylic acids is 1. The highest BCUT2D eigenvalue weighted by atomic mass is 16.5. The quantitative estimate of drug-likeness (QED) is 0.307. The van der Waals surface area contributed by atoms with Gasteiger partial charge in [-0.1, -0.05) is 24.3 Å². The highest BCUT2D eigenvalue weighted by Crippen LogP contribution is 2.32. The zero-order valence-electron chi connectivity index (χ0n) is 20.4. The van der Waals surface area contributed by atoms with E-state index in [0.29, 0.717) is 35.3 Å². The third-order valence-corrected chi connectivity index (χ3v) is 6.99. The maximum absolute atomic E-state index is 12.3. The SMILES string of the molecule is O=C(COc1cccc(-c2nc(NC3CCC4NNCC4C3)c3ccccc3n2)c1)Nc1cccnc1. The van der Waals surface area contributed by atoms with Crippen LogP contribution in [0.4, 0.5) is 11.5 Å². The van der Waals surface area contributed by atoms with Crippen molar-refractivity contribution in [3.05, 3.63) is 73.1 Å². The van der Waals surface area contributed by atoms with Crippen LogP contribution in [0.3, 0.4) is 0 Å². The number of benzene rings is 2. The van der Waals surface area contributed by atoms with E-state index in [1.807, 2.05) is 42.5 Å². The van der Waals surface area contributed by atoms with Crippen LogP contribution >= 0.6 is 0 Å². The zero-order valence-corrected chi connectivity index (χ0v) is 20.4. The van der Waals surface area contributed by atoms with Gasteiger partial charge in [0.25, 0.3) is 5.91 Å². The number of pyridine rings is 1. The predicted molar refractivity (Wildman–Crippen MR) is 143 cm³/mol. The minimum absolute atomic E-state index is 0.114. The number of hydrogen-bond acceptors (Lipinski definition) is 8. The number of carbonyl (C=O) groups is 1. The lowest BCUT2D eigenvalue weighted by Crippen LogP contribution is -2.39. The molecule has 0 bridgehead atoms. The van der Waals surface area contributed by atoms with Gasteiger partial charge < -0.3 is 15.4 Å². The van der Waals surface area contributed by atoms with Crippen molar-refractivity contribution in [2.75, 3.05) is 23.8 Å². The molecule has 1 aliphatic heterocycles. The molecule has 0 radical (unpaired) electrons. The Morgan fingerprint density at radius 1 is 1.05 bits per heavy atom. The maximum atomic E-state index is 12.3. The molecule has 3 unspecified atom stereocenters. The van der Waals surface area contributed by atoms with Gasteiger partial charge in [-0.2, -0.15) is 0 Å². The van der Waals surface area contributed by atoms with Crippen LogP contribution in [0.25, 0.3) is 22.3 Å². The van der Waals surface area contributed by atoms with E-state index in [-0.39, 0.29) is 12.5 Å². The molecule has 9 heteroatoms. The van der Waals surface area contributed by atoms with Crippen LogP contribution in [0.15, 0.2) is 73.1 Å². The number of amides is 1. The predicted octanol–water partition coefficient (Wildman–Crippen LogP) is 3.77. The Morgan fingerprint density at radius 2 is 2.00 bits per heavy atom. The van der Waals surface area contributed by atoms with Crippen molar-refractivity contribution in [1.82, 2.24) is 25.8 Å². The minimum atomic E-state index is -0.255. The molecule has 37 heavy (non-hydrogen) atoms. The van der Waals surface area contributed by atoms with E-state index in [1.54, 1.807) is 24.5 Å². The summed E-state index contributed by atoms with van der Waals surface area (Å²) < 4.78 is 5.77. The average molecular weight is 496 g/mol. The topological polar surface area (TPSA) is 113 Å². The van der Waals surface area contributed by atoms with Gasteiger partial charge in [-0.25, -0.2) is 9.97 Å². The lowest BCUT2D eigenvalue weighted by atomic mass is 9.83. The van der Waals surface area contributed by atoms with Crippen molar-refractivity contribution >= 4 is 28.3 Å². The molecule has 3 atom stereocenters. The molecule has 2 fully saturated rings. The largest absolute Gasteiger partial charge is 0.484 e. The van der Waals surface area contributed by atoms with E-state index in [9.17, 15) is 4.79 Å². The van der Waals surface area contributed by atoms with Crippen LogP contribution in [-0.2, 0) is 4.79 Å². The molecule has 1 saturated heterocycles. The first-order valence-corrected chi connectivity index (χ1v) is 12.7. The molecule has 6 rings (SSSR count). The number of fused-ring (bicyclic) bond motifs is 2. The first kappa shape index (κ1) is 23.3. The van der Waals surface area contributed by atoms with Gasteiger partial charge in [0.15, 0.2) is 12.4 Å². The molecule has 1 amide bonds. The first-order chi connectivity index (χ1) is 18.2. The van der Waals surface area contributed by atoms with E-state index in [0.717, 1.165) is 48.1 Å². The highest BCUT2D eigenvalue weighted by molar-refractivity contribution is 5.92. The Bertz CT molecular complexity index is 1400. The average Bonchev–Trinajstić information content (AvgIpc) is 3.41. The van der Waals surface area contributed by atoms with Gasteiger partial charge in [-0.3, -0.25) is 20.6 Å². The van der Waals surface area contributed by atoms with E-state index in [2.05, 4.69) is 32.5 Å². The van der Waals surface area contributed by atoms with Crippen LogP contribution in [0.1, 0.15) is 19.3 Å². The maximum Gasteiger partial charge on any atom is 0.262 e. The standard InChI is InChI=1S/C28H29N7O2/c36-26(31-21-6-4-12-29-16-21)17-37-22-7-3-5-18(14-22)27-33-25-9-2-1-8-23(25)28(34-27)32-20-10-11-24-19(13-20)15-30-35-24/h1-9,12,14,16,19-20,24,30,35H,10-11,13,15,17H2,(H,31,36)(H,32,33,34). The summed E-state index contributed by atoms with van der Waals surface area (Å²) in [6.45, 7) is 0.892. The minimum Gasteiger partial charge on any atom is -0.484 e. The smallest absolute Gasteiger partial charge is 0.262 e. The van der Waals surface area contributed by atoms with Crippen LogP contribution in [-0.4, -0.2) is 46.1 Å². The van der Waals surface area contributed by atoms with Crippen molar-refractivity contribution in [1.29, 1.82) is 0 Å². The number of ether oxygens (including phenoxy) is 1. The van der Waals surface area contributed by atoms with Crippen molar-refractivity contribution in [3.63, 3.8) is 0 Å². The van der Waals surface area contributed by atoms with Gasteiger partial charge >= 0.3 is 0 Å². The number of rotatable bonds is 7. The van der Waals surface area contributed by atoms with E-state index < -0.39 is 0 Å². The first-order valence-electron chi connectivity index (χ1n) is 12.7. The van der Waals surface area contributed by atoms with Gasteiger partial charge in [0.1, 0.15) is 11.6 Å². The Labute approximate surface area is 215 Å². The molecule has 3 heterocycles. The Kier molecular flexibility index (Phi) is 6.62. The fourth-order valence-electron chi connectivity index (χ4n) is 5.15. The summed E-state index contributed by atoms with van der Waals surface area (Å²) in [4.78, 5) is 26.1. The fourth-order valence-corrected chi connectivity index (χ4v) is 5.15. The molecule has 4 N–H and O–H groups in total. The Morgan fingerprint density at radius 3 is 2.92 bits per heavy atom. The van der Waals surface area contributed by atoms with Crippen LogP contribution in [0.2, 0.25) is 0 Å². The summed E-state index contributed by atoms with van der Waals surface area (Å²) in [5.41, 5.74) is 9.03. The van der Waals surface area contributed by atoms with Crippen LogP contribution in [0, 0.1) is 5.92 Å². The van der Waals surface area contributed by atoms with E-state index in [4.69, 9.17) is 14.7 Å². The molecule has 2 aromatic heterocycles. The molecule has 9 nitrogen and oxygen atoms in total. The number of aromatic nitrogens is 3. The van der Waals surface area contributed by atoms with Crippen molar-refractivity contribution in [2.24, 2.45) is 5.92 Å². The number of anilines is 2. The lowest BCUT2D eigenvalue weighted by Gasteiger charge is -2.31. The number of hydrazine groups is 1. The Hall–Kier alpha value is -4.08. The van der Waals surface area contributed by atoms with Gasteiger partial charge in [0.2, 0.25) is 0 Å². The summed E-state index contributed by atoms with van der Waals surface area (Å²) in [5.74, 6) is 2.41. The molecule has 1 saturated carbocycles. The highest BCUT2D eigenvalue weighted by Gasteiger charge is 2.34. The number of para-hydroxylation sites is 1. The summed E-state index contributed by atoms with van der Waals surface area (Å²) in [7, 11) is 0. The summed E-state index contributed by atoms with van der Waals surface area (Å²) in [5, 5.41) is 7.51. The Balaban J connectivity index is 1.20. The van der Waals surface area contributed by atoms with Gasteiger partial charge in [0, 0.05) is 35.8 Å². The summed E-state index contributed by atoms with van der Waals surface area (Å²) in [6.07, 6.45) is 6.58. The van der Waals surface area contributed by atoms with Crippen molar-refractivity contribution < 1.29 is 9.53 Å². The second-order valence-electron chi connectivity index (χ2n) is 9.57. The van der Waals surface area contributed by atoms with Gasteiger partial charge in [-0.05, 0) is 61.6 Å². The molecule has 2 aromatic carbocycles. The zero-order chi connectivity index (χ0) is 25.0. The van der Waals surface area contributed by atoms with E-state index >= 15 is 0 Å². The van der Waals surface area contributed by atoms with Crippen molar-refractivity contribution in [3.8, 4) is 17.1 Å². The molecular formula is C28H29N7O2. The van der Waals surface area contributed by atoms with Crippen LogP contribution in [0.5, 0.6) is 5.75 Å². The van der Waals surface area contributed by atoms with Gasteiger partial charge in [-0.15, -0.1) is 0 Å². The van der Waals surface area contributed by atoms with Crippen LogP contribution < -0.4 is 26.2 Å². The normalized spacial score (nSPS) is 20.8. The van der Waals surface area contributed by atoms with Crippen molar-refractivity contribution in [2.45, 2.75) is 31.3 Å². The lowest BCUT2D eigenvalue weighted by molar-refractivity contribution is -0.118. The number of hydrogen-bond donors (Lipinski definition) is 4. The fraction of sp³-hybridized carbons (Fsp3) is 0.286. The monoisotopic (exact) mass is 495 g/mol.